The predicted octanol–water partition coefficient (Wildman–Crippen LogP) is 0.398. The minimum atomic E-state index is -3.54. The molecule has 0 radical (unpaired) electrons. The fourth-order valence-corrected chi connectivity index (χ4v) is 2.92. The van der Waals surface area contributed by atoms with E-state index in [-0.39, 0.29) is 0 Å². The Morgan fingerprint density at radius 3 is 2.44 bits per heavy atom. The summed E-state index contributed by atoms with van der Waals surface area (Å²) in [5.41, 5.74) is 1.25. The molecule has 1 aromatic rings. The van der Waals surface area contributed by atoms with Crippen molar-refractivity contribution in [3.8, 4) is 0 Å². The Balaban J connectivity index is 1.94. The molecule has 0 bridgehead atoms. The van der Waals surface area contributed by atoms with Gasteiger partial charge in [-0.15, -0.1) is 0 Å². The highest BCUT2D eigenvalue weighted by Crippen LogP contribution is 2.09. The lowest BCUT2D eigenvalue weighted by molar-refractivity contribution is 0.278. The van der Waals surface area contributed by atoms with Gasteiger partial charge in [-0.25, -0.2) is 5.14 Å². The maximum absolute atomic E-state index is 11.3. The minimum absolute atomic E-state index is 0.478. The molecule has 0 saturated carbocycles. The first kappa shape index (κ1) is 13.5. The van der Waals surface area contributed by atoms with Crippen molar-refractivity contribution in [1.29, 1.82) is 0 Å². The Morgan fingerprint density at radius 2 is 1.78 bits per heavy atom. The van der Waals surface area contributed by atoms with Gasteiger partial charge in [0.25, 0.3) is 10.2 Å². The Labute approximate surface area is 108 Å². The van der Waals surface area contributed by atoms with E-state index in [2.05, 4.69) is 17.0 Å². The first-order valence-corrected chi connectivity index (χ1v) is 7.60. The van der Waals surface area contributed by atoms with Crippen LogP contribution >= 0.6 is 0 Å². The van der Waals surface area contributed by atoms with Gasteiger partial charge in [0.15, 0.2) is 0 Å². The Kier molecular flexibility index (Phi) is 4.34. The summed E-state index contributed by atoms with van der Waals surface area (Å²) in [7, 11) is -3.54. The van der Waals surface area contributed by atoms with E-state index in [0.29, 0.717) is 13.1 Å². The molecule has 1 aliphatic rings. The second kappa shape index (κ2) is 5.79. The van der Waals surface area contributed by atoms with Crippen LogP contribution in [0.3, 0.4) is 0 Å². The molecule has 100 valence electrons. The summed E-state index contributed by atoms with van der Waals surface area (Å²) in [6, 6.07) is 10.2. The van der Waals surface area contributed by atoms with E-state index in [1.54, 1.807) is 0 Å². The number of nitrogens with zero attached hydrogens (tertiary/aromatic N) is 2. The van der Waals surface area contributed by atoms with E-state index < -0.39 is 10.2 Å². The van der Waals surface area contributed by atoms with Crippen molar-refractivity contribution >= 4 is 10.2 Å². The van der Waals surface area contributed by atoms with Gasteiger partial charge < -0.3 is 0 Å². The molecule has 0 atom stereocenters. The smallest absolute Gasteiger partial charge is 0.276 e. The van der Waals surface area contributed by atoms with Crippen molar-refractivity contribution in [2.24, 2.45) is 5.14 Å². The molecular weight excluding hydrogens is 250 g/mol. The van der Waals surface area contributed by atoms with Crippen LogP contribution in [0, 0.1) is 0 Å². The first-order chi connectivity index (χ1) is 8.55. The molecule has 2 N–H and O–H groups in total. The molecule has 0 unspecified atom stereocenters. The summed E-state index contributed by atoms with van der Waals surface area (Å²) in [5, 5.41) is 5.16. The van der Waals surface area contributed by atoms with E-state index in [1.807, 2.05) is 18.2 Å². The van der Waals surface area contributed by atoms with Gasteiger partial charge in [0, 0.05) is 26.2 Å². The highest BCUT2D eigenvalue weighted by Gasteiger charge is 2.21. The molecule has 5 nitrogen and oxygen atoms in total. The molecule has 1 heterocycles. The molecule has 1 aliphatic heterocycles. The van der Waals surface area contributed by atoms with E-state index in [0.717, 1.165) is 26.1 Å². The van der Waals surface area contributed by atoms with Gasteiger partial charge in [-0.05, 0) is 18.5 Å². The molecule has 0 amide bonds. The van der Waals surface area contributed by atoms with Gasteiger partial charge in [-0.3, -0.25) is 4.90 Å². The Bertz CT molecular complexity index is 475. The average Bonchev–Trinajstić information content (AvgIpc) is 2.55. The fraction of sp³-hybridized carbons (Fsp3) is 0.500. The topological polar surface area (TPSA) is 66.6 Å². The summed E-state index contributed by atoms with van der Waals surface area (Å²) in [4.78, 5) is 2.26. The van der Waals surface area contributed by atoms with Crippen molar-refractivity contribution < 1.29 is 8.42 Å². The fourth-order valence-electron chi connectivity index (χ4n) is 2.20. The van der Waals surface area contributed by atoms with Crippen LogP contribution < -0.4 is 5.14 Å². The first-order valence-electron chi connectivity index (χ1n) is 6.10. The van der Waals surface area contributed by atoms with Crippen molar-refractivity contribution in [2.45, 2.75) is 13.0 Å². The SMILES string of the molecule is NS(=O)(=O)N1CCCN(Cc2ccccc2)CC1. The summed E-state index contributed by atoms with van der Waals surface area (Å²) >= 11 is 0. The van der Waals surface area contributed by atoms with Crippen molar-refractivity contribution in [2.75, 3.05) is 26.2 Å². The zero-order chi connectivity index (χ0) is 13.0. The van der Waals surface area contributed by atoms with Crippen LogP contribution in [0.1, 0.15) is 12.0 Å². The van der Waals surface area contributed by atoms with E-state index in [4.69, 9.17) is 5.14 Å². The number of hydrogen-bond acceptors (Lipinski definition) is 3. The number of nitrogens with two attached hydrogens (primary N) is 1. The highest BCUT2D eigenvalue weighted by molar-refractivity contribution is 7.86. The molecule has 0 aromatic heterocycles. The van der Waals surface area contributed by atoms with Crippen LogP contribution in [0.15, 0.2) is 30.3 Å². The van der Waals surface area contributed by atoms with E-state index in [1.165, 1.54) is 9.87 Å². The molecule has 1 fully saturated rings. The zero-order valence-corrected chi connectivity index (χ0v) is 11.1. The van der Waals surface area contributed by atoms with Crippen LogP contribution in [-0.2, 0) is 16.8 Å². The van der Waals surface area contributed by atoms with Gasteiger partial charge in [-0.2, -0.15) is 12.7 Å². The van der Waals surface area contributed by atoms with Gasteiger partial charge in [-0.1, -0.05) is 30.3 Å². The summed E-state index contributed by atoms with van der Waals surface area (Å²) < 4.78 is 23.9. The molecule has 0 spiro atoms. The Hall–Kier alpha value is -0.950. The Morgan fingerprint density at radius 1 is 1.06 bits per heavy atom. The highest BCUT2D eigenvalue weighted by atomic mass is 32.2. The van der Waals surface area contributed by atoms with Crippen LogP contribution in [0.4, 0.5) is 0 Å². The van der Waals surface area contributed by atoms with E-state index in [9.17, 15) is 8.42 Å². The quantitative estimate of drug-likeness (QED) is 0.863. The van der Waals surface area contributed by atoms with Crippen molar-refractivity contribution in [3.63, 3.8) is 0 Å². The maximum Gasteiger partial charge on any atom is 0.276 e. The second-order valence-corrected chi connectivity index (χ2v) is 6.11. The van der Waals surface area contributed by atoms with Gasteiger partial charge in [0.1, 0.15) is 0 Å². The van der Waals surface area contributed by atoms with Gasteiger partial charge in [0.05, 0.1) is 0 Å². The monoisotopic (exact) mass is 269 g/mol. The van der Waals surface area contributed by atoms with E-state index >= 15 is 0 Å². The van der Waals surface area contributed by atoms with Crippen LogP contribution in [0.5, 0.6) is 0 Å². The summed E-state index contributed by atoms with van der Waals surface area (Å²) in [6.45, 7) is 3.49. The minimum Gasteiger partial charge on any atom is -0.298 e. The lowest BCUT2D eigenvalue weighted by Crippen LogP contribution is -2.39. The molecular formula is C12H19N3O2S. The number of hydrogen-bond donors (Lipinski definition) is 1. The average molecular weight is 269 g/mol. The maximum atomic E-state index is 11.3. The van der Waals surface area contributed by atoms with Gasteiger partial charge in [0.2, 0.25) is 0 Å². The summed E-state index contributed by atoms with van der Waals surface area (Å²) in [5.74, 6) is 0. The van der Waals surface area contributed by atoms with Crippen molar-refractivity contribution in [1.82, 2.24) is 9.21 Å². The zero-order valence-electron chi connectivity index (χ0n) is 10.3. The van der Waals surface area contributed by atoms with Crippen LogP contribution in [0.25, 0.3) is 0 Å². The third kappa shape index (κ3) is 3.78. The lowest BCUT2D eigenvalue weighted by Gasteiger charge is -2.20. The lowest BCUT2D eigenvalue weighted by atomic mass is 10.2. The summed E-state index contributed by atoms with van der Waals surface area (Å²) in [6.07, 6.45) is 0.823. The third-order valence-electron chi connectivity index (χ3n) is 3.16. The molecule has 2 rings (SSSR count). The van der Waals surface area contributed by atoms with Crippen LogP contribution in [0.2, 0.25) is 0 Å². The molecule has 1 aromatic carbocycles. The predicted molar refractivity (Wildman–Crippen MR) is 71.0 cm³/mol. The molecule has 6 heteroatoms. The second-order valence-electron chi connectivity index (χ2n) is 4.56. The molecule has 18 heavy (non-hydrogen) atoms. The normalized spacial score (nSPS) is 19.6. The number of rotatable bonds is 3. The standard InChI is InChI=1S/C12H19N3O2S/c13-18(16,17)15-8-4-7-14(9-10-15)11-12-5-2-1-3-6-12/h1-3,5-6H,4,7-11H2,(H2,13,16,17). The number of benzene rings is 1. The molecule has 0 aliphatic carbocycles. The molecule has 1 saturated heterocycles. The van der Waals surface area contributed by atoms with Gasteiger partial charge >= 0.3 is 0 Å². The van der Waals surface area contributed by atoms with Crippen LogP contribution in [-0.4, -0.2) is 43.8 Å². The largest absolute Gasteiger partial charge is 0.298 e. The van der Waals surface area contributed by atoms with Crippen molar-refractivity contribution in [3.05, 3.63) is 35.9 Å². The third-order valence-corrected chi connectivity index (χ3v) is 4.24.